The summed E-state index contributed by atoms with van der Waals surface area (Å²) < 4.78 is 19.1. The number of hydrogen-bond donors (Lipinski definition) is 1. The summed E-state index contributed by atoms with van der Waals surface area (Å²) in [5.41, 5.74) is 2.88. The summed E-state index contributed by atoms with van der Waals surface area (Å²) in [5.74, 6) is 1.04. The average Bonchev–Trinajstić information content (AvgIpc) is 3.17. The van der Waals surface area contributed by atoms with Crippen LogP contribution < -0.4 is 5.32 Å². The maximum Gasteiger partial charge on any atom is 0.148 e. The summed E-state index contributed by atoms with van der Waals surface area (Å²) in [6.45, 7) is 4.15. The highest BCUT2D eigenvalue weighted by molar-refractivity contribution is 6.36. The zero-order valence-corrected chi connectivity index (χ0v) is 20.6. The van der Waals surface area contributed by atoms with E-state index in [1.165, 1.54) is 0 Å². The van der Waals surface area contributed by atoms with Crippen molar-refractivity contribution in [3.05, 3.63) is 63.9 Å². The number of aryl methyl sites for hydroxylation is 2. The van der Waals surface area contributed by atoms with Gasteiger partial charge in [-0.1, -0.05) is 61.4 Å². The average molecular weight is 490 g/mol. The zero-order chi connectivity index (χ0) is 23.4. The summed E-state index contributed by atoms with van der Waals surface area (Å²) in [6.07, 6.45) is 12.2. The van der Waals surface area contributed by atoms with E-state index in [-0.39, 0.29) is 18.6 Å². The molecule has 2 aliphatic rings. The monoisotopic (exact) mass is 489 g/mol. The van der Waals surface area contributed by atoms with E-state index < -0.39 is 5.60 Å². The highest BCUT2D eigenvalue weighted by Crippen LogP contribution is 2.44. The lowest BCUT2D eigenvalue weighted by atomic mass is 9.84. The van der Waals surface area contributed by atoms with E-state index in [9.17, 15) is 4.39 Å². The van der Waals surface area contributed by atoms with E-state index in [1.54, 1.807) is 6.07 Å². The van der Waals surface area contributed by atoms with Crippen molar-refractivity contribution in [2.24, 2.45) is 5.92 Å². The van der Waals surface area contributed by atoms with Gasteiger partial charge in [0.2, 0.25) is 0 Å². The van der Waals surface area contributed by atoms with Gasteiger partial charge in [-0.2, -0.15) is 0 Å². The van der Waals surface area contributed by atoms with E-state index in [0.717, 1.165) is 47.7 Å². The molecule has 7 heteroatoms. The number of hydrogen-bond acceptors (Lipinski definition) is 4. The Balaban J connectivity index is 1.69. The number of allylic oxidation sites excluding steroid dienone is 2. The van der Waals surface area contributed by atoms with Crippen molar-refractivity contribution >= 4 is 29.0 Å². The number of rotatable bonds is 9. The van der Waals surface area contributed by atoms with Crippen LogP contribution >= 0.6 is 23.2 Å². The molecule has 1 aromatic carbocycles. The van der Waals surface area contributed by atoms with E-state index >= 15 is 0 Å². The number of fused-ring (bicyclic) bond motifs is 1. The molecule has 1 heterocycles. The third kappa shape index (κ3) is 4.82. The number of alkyl halides is 1. The number of nitrogens with one attached hydrogen (secondary N) is 1. The maximum absolute atomic E-state index is 12.8. The highest BCUT2D eigenvalue weighted by atomic mass is 35.5. The Bertz CT molecular complexity index is 1060. The van der Waals surface area contributed by atoms with Crippen molar-refractivity contribution in [2.75, 3.05) is 18.6 Å². The van der Waals surface area contributed by atoms with E-state index in [0.29, 0.717) is 29.5 Å². The molecule has 0 saturated heterocycles. The number of anilines is 1. The second kappa shape index (κ2) is 10.5. The second-order valence-corrected chi connectivity index (χ2v) is 9.36. The molecular formula is C26H30Cl2FN3O. The van der Waals surface area contributed by atoms with Gasteiger partial charge in [0, 0.05) is 16.5 Å². The molecule has 0 radical (unpaired) electrons. The first-order valence-corrected chi connectivity index (χ1v) is 12.5. The van der Waals surface area contributed by atoms with Crippen LogP contribution in [0.1, 0.15) is 44.5 Å². The van der Waals surface area contributed by atoms with Crippen molar-refractivity contribution in [3.8, 4) is 11.3 Å². The number of nitrogens with zero attached hydrogens (tertiary/aromatic N) is 2. The van der Waals surface area contributed by atoms with E-state index in [4.69, 9.17) is 37.9 Å². The van der Waals surface area contributed by atoms with Crippen molar-refractivity contribution in [1.82, 2.24) is 9.97 Å². The molecule has 3 atom stereocenters. The van der Waals surface area contributed by atoms with Crippen molar-refractivity contribution in [2.45, 2.75) is 57.6 Å². The standard InChI is InChI=1S/C26H30Cl2FN3O/c1-3-21-24(19-11-10-18(27)16-20(19)28)30-22(4-2)25(31-21)32-23-12-9-17-8-5-6-13-26(17,23)33-15-7-14-29/h5-6,8,10-11,13,16-17,23H,3-4,7,9,12,14-15H2,1-2H3,(H,31,32)/t17?,23-,26?/m0/s1. The van der Waals surface area contributed by atoms with Gasteiger partial charge in [-0.3, -0.25) is 4.39 Å². The van der Waals surface area contributed by atoms with Gasteiger partial charge < -0.3 is 10.1 Å². The van der Waals surface area contributed by atoms with Gasteiger partial charge in [-0.05, 0) is 50.3 Å². The van der Waals surface area contributed by atoms with Crippen LogP contribution in [0.4, 0.5) is 10.2 Å². The predicted octanol–water partition coefficient (Wildman–Crippen LogP) is 7.01. The van der Waals surface area contributed by atoms with Crippen LogP contribution in [-0.4, -0.2) is 34.9 Å². The van der Waals surface area contributed by atoms with Gasteiger partial charge >= 0.3 is 0 Å². The Labute approximate surface area is 205 Å². The first kappa shape index (κ1) is 24.2. The quantitative estimate of drug-likeness (QED) is 0.384. The molecular weight excluding hydrogens is 460 g/mol. The predicted molar refractivity (Wildman–Crippen MR) is 134 cm³/mol. The molecule has 1 saturated carbocycles. The molecule has 176 valence electrons. The minimum atomic E-state index is -0.499. The Kier molecular flexibility index (Phi) is 7.72. The zero-order valence-electron chi connectivity index (χ0n) is 19.1. The van der Waals surface area contributed by atoms with Crippen molar-refractivity contribution < 1.29 is 9.13 Å². The lowest BCUT2D eigenvalue weighted by Gasteiger charge is -2.39. The fourth-order valence-electron chi connectivity index (χ4n) is 4.87. The molecule has 0 spiro atoms. The smallest absolute Gasteiger partial charge is 0.148 e. The summed E-state index contributed by atoms with van der Waals surface area (Å²) in [4.78, 5) is 10.00. The Hall–Kier alpha value is -1.95. The molecule has 1 aromatic heterocycles. The number of benzene rings is 1. The molecule has 1 N–H and O–H groups in total. The molecule has 33 heavy (non-hydrogen) atoms. The first-order chi connectivity index (χ1) is 16.0. The van der Waals surface area contributed by atoms with Crippen LogP contribution in [0.25, 0.3) is 11.3 Å². The second-order valence-electron chi connectivity index (χ2n) is 8.51. The molecule has 1 fully saturated rings. The number of aromatic nitrogens is 2. The first-order valence-electron chi connectivity index (χ1n) is 11.7. The van der Waals surface area contributed by atoms with Crippen LogP contribution in [0.5, 0.6) is 0 Å². The van der Waals surface area contributed by atoms with E-state index in [1.807, 2.05) is 18.2 Å². The maximum atomic E-state index is 12.8. The largest absolute Gasteiger partial charge is 0.368 e. The summed E-state index contributed by atoms with van der Waals surface area (Å²) >= 11 is 12.6. The Morgan fingerprint density at radius 3 is 2.67 bits per heavy atom. The van der Waals surface area contributed by atoms with Gasteiger partial charge in [0.15, 0.2) is 0 Å². The highest BCUT2D eigenvalue weighted by Gasteiger charge is 2.49. The van der Waals surface area contributed by atoms with Crippen LogP contribution in [0.15, 0.2) is 42.5 Å². The Morgan fingerprint density at radius 2 is 1.94 bits per heavy atom. The van der Waals surface area contributed by atoms with Crippen molar-refractivity contribution in [1.29, 1.82) is 0 Å². The van der Waals surface area contributed by atoms with Crippen molar-refractivity contribution in [3.63, 3.8) is 0 Å². The lowest BCUT2D eigenvalue weighted by molar-refractivity contribution is -0.0331. The van der Waals surface area contributed by atoms with Gasteiger partial charge in [-0.15, -0.1) is 0 Å². The number of halogens is 3. The van der Waals surface area contributed by atoms with Gasteiger partial charge in [0.25, 0.3) is 0 Å². The van der Waals surface area contributed by atoms with Gasteiger partial charge in [-0.25, -0.2) is 9.97 Å². The summed E-state index contributed by atoms with van der Waals surface area (Å²) in [7, 11) is 0. The third-order valence-corrected chi connectivity index (χ3v) is 7.09. The molecule has 0 amide bonds. The molecule has 0 aliphatic heterocycles. The third-order valence-electron chi connectivity index (χ3n) is 6.54. The SMILES string of the molecule is CCc1nc(-c2ccc(Cl)cc2Cl)c(CC)nc1N[C@H]1CCC2C=CC=CC21OCCCF. The van der Waals surface area contributed by atoms with Crippen LogP contribution in [-0.2, 0) is 17.6 Å². The van der Waals surface area contributed by atoms with E-state index in [2.05, 4.69) is 37.4 Å². The molecule has 4 nitrogen and oxygen atoms in total. The Morgan fingerprint density at radius 1 is 1.12 bits per heavy atom. The fourth-order valence-corrected chi connectivity index (χ4v) is 5.36. The molecule has 4 rings (SSSR count). The van der Waals surface area contributed by atoms with Gasteiger partial charge in [0.1, 0.15) is 11.4 Å². The van der Waals surface area contributed by atoms with Crippen LogP contribution in [0, 0.1) is 5.92 Å². The minimum Gasteiger partial charge on any atom is -0.368 e. The van der Waals surface area contributed by atoms with Crippen LogP contribution in [0.2, 0.25) is 10.0 Å². The molecule has 2 aliphatic carbocycles. The summed E-state index contributed by atoms with van der Waals surface area (Å²) in [5, 5.41) is 4.83. The summed E-state index contributed by atoms with van der Waals surface area (Å²) in [6, 6.07) is 5.48. The van der Waals surface area contributed by atoms with Gasteiger partial charge in [0.05, 0.1) is 41.4 Å². The van der Waals surface area contributed by atoms with Crippen LogP contribution in [0.3, 0.4) is 0 Å². The topological polar surface area (TPSA) is 47.0 Å². The number of ether oxygens (including phenoxy) is 1. The fraction of sp³-hybridized carbons (Fsp3) is 0.462. The molecule has 2 aromatic rings. The lowest BCUT2D eigenvalue weighted by Crippen LogP contribution is -2.48. The molecule has 0 bridgehead atoms. The minimum absolute atomic E-state index is 0.0255. The molecule has 2 unspecified atom stereocenters. The normalized spacial score (nSPS) is 23.7.